The molecule has 1 aliphatic rings. The van der Waals surface area contributed by atoms with Crippen molar-refractivity contribution in [3.8, 4) is 33.4 Å². The summed E-state index contributed by atoms with van der Waals surface area (Å²) in [7, 11) is 0. The summed E-state index contributed by atoms with van der Waals surface area (Å²) in [4.78, 5) is 0. The molecule has 0 saturated carbocycles. The van der Waals surface area contributed by atoms with E-state index in [4.69, 9.17) is 4.42 Å². The summed E-state index contributed by atoms with van der Waals surface area (Å²) in [6.07, 6.45) is 0. The lowest BCUT2D eigenvalue weighted by atomic mass is 9.73. The molecule has 1 atom stereocenters. The van der Waals surface area contributed by atoms with Crippen LogP contribution >= 0.6 is 0 Å². The molecule has 0 amide bonds. The van der Waals surface area contributed by atoms with E-state index in [1.807, 2.05) is 6.07 Å². The van der Waals surface area contributed by atoms with Gasteiger partial charge in [0.1, 0.15) is 11.2 Å². The van der Waals surface area contributed by atoms with E-state index in [1.165, 1.54) is 93.2 Å². The molecule has 11 aromatic rings. The summed E-state index contributed by atoms with van der Waals surface area (Å²) in [5, 5.41) is 12.5. The average Bonchev–Trinajstić information content (AvgIpc) is 3.75. The van der Waals surface area contributed by atoms with Crippen molar-refractivity contribution in [2.45, 2.75) is 12.3 Å². The Morgan fingerprint density at radius 2 is 1.00 bits per heavy atom. The van der Waals surface area contributed by atoms with Crippen LogP contribution in [-0.4, -0.2) is 0 Å². The Bertz CT molecular complexity index is 3380. The van der Waals surface area contributed by atoms with Gasteiger partial charge in [-0.15, -0.1) is 0 Å². The smallest absolute Gasteiger partial charge is 0.135 e. The van der Waals surface area contributed by atoms with E-state index >= 15 is 0 Å². The molecule has 12 rings (SSSR count). The average molecular weight is 699 g/mol. The van der Waals surface area contributed by atoms with Crippen LogP contribution in [0, 0.1) is 0 Å². The van der Waals surface area contributed by atoms with Crippen molar-refractivity contribution in [1.29, 1.82) is 0 Å². The minimum Gasteiger partial charge on any atom is -0.456 e. The van der Waals surface area contributed by atoms with E-state index in [0.29, 0.717) is 0 Å². The molecule has 0 bridgehead atoms. The Hall–Kier alpha value is -6.96. The highest BCUT2D eigenvalue weighted by atomic mass is 16.3. The maximum atomic E-state index is 6.34. The van der Waals surface area contributed by atoms with Gasteiger partial charge in [0.05, 0.1) is 0 Å². The quantitative estimate of drug-likeness (QED) is 0.132. The molecule has 0 saturated heterocycles. The predicted octanol–water partition coefficient (Wildman–Crippen LogP) is 14.9. The van der Waals surface area contributed by atoms with Gasteiger partial charge in [0.2, 0.25) is 0 Å². The maximum absolute atomic E-state index is 6.34. The van der Waals surface area contributed by atoms with E-state index in [2.05, 4.69) is 189 Å². The Labute approximate surface area is 318 Å². The summed E-state index contributed by atoms with van der Waals surface area (Å²) in [6, 6.07) is 69.5. The zero-order valence-electron chi connectivity index (χ0n) is 30.3. The van der Waals surface area contributed by atoms with Gasteiger partial charge < -0.3 is 4.42 Å². The van der Waals surface area contributed by atoms with Crippen LogP contribution in [0.25, 0.3) is 98.4 Å². The number of fused-ring (bicyclic) bond motifs is 12. The van der Waals surface area contributed by atoms with Gasteiger partial charge in [-0.2, -0.15) is 0 Å². The largest absolute Gasteiger partial charge is 0.456 e. The molecule has 256 valence electrons. The molecule has 0 spiro atoms. The zero-order chi connectivity index (χ0) is 36.3. The Morgan fingerprint density at radius 3 is 1.82 bits per heavy atom. The van der Waals surface area contributed by atoms with Crippen molar-refractivity contribution >= 4 is 65.0 Å². The number of hydrogen-bond acceptors (Lipinski definition) is 1. The number of rotatable bonds is 3. The third-order valence-corrected chi connectivity index (χ3v) is 12.5. The van der Waals surface area contributed by atoms with Crippen LogP contribution in [0.5, 0.6) is 0 Å². The van der Waals surface area contributed by atoms with Gasteiger partial charge in [-0.3, -0.25) is 0 Å². The molecule has 0 N–H and O–H groups in total. The Morgan fingerprint density at radius 1 is 0.364 bits per heavy atom. The molecule has 1 aromatic heterocycles. The number of benzene rings is 10. The Balaban J connectivity index is 1.21. The molecular weight excluding hydrogens is 665 g/mol. The summed E-state index contributed by atoms with van der Waals surface area (Å²) < 4.78 is 6.34. The van der Waals surface area contributed by atoms with E-state index in [9.17, 15) is 0 Å². The van der Waals surface area contributed by atoms with Crippen LogP contribution in [0.2, 0.25) is 0 Å². The van der Waals surface area contributed by atoms with Crippen LogP contribution in [0.15, 0.2) is 192 Å². The maximum Gasteiger partial charge on any atom is 0.135 e. The fourth-order valence-corrected chi connectivity index (χ4v) is 9.97. The van der Waals surface area contributed by atoms with Gasteiger partial charge in [0.15, 0.2) is 0 Å². The van der Waals surface area contributed by atoms with E-state index in [0.717, 1.165) is 21.9 Å². The summed E-state index contributed by atoms with van der Waals surface area (Å²) in [6.45, 7) is 2.43. The topological polar surface area (TPSA) is 13.1 Å². The molecule has 0 radical (unpaired) electrons. The van der Waals surface area contributed by atoms with Crippen LogP contribution < -0.4 is 0 Å². The van der Waals surface area contributed by atoms with Crippen molar-refractivity contribution in [1.82, 2.24) is 0 Å². The summed E-state index contributed by atoms with van der Waals surface area (Å²) >= 11 is 0. The van der Waals surface area contributed by atoms with Crippen LogP contribution in [0.1, 0.15) is 23.6 Å². The van der Waals surface area contributed by atoms with Crippen molar-refractivity contribution < 1.29 is 4.42 Å². The van der Waals surface area contributed by atoms with E-state index in [1.54, 1.807) is 0 Å². The summed E-state index contributed by atoms with van der Waals surface area (Å²) in [5.74, 6) is 0. The molecule has 1 heterocycles. The predicted molar refractivity (Wildman–Crippen MR) is 232 cm³/mol. The first-order valence-corrected chi connectivity index (χ1v) is 19.2. The monoisotopic (exact) mass is 698 g/mol. The molecule has 10 aromatic carbocycles. The van der Waals surface area contributed by atoms with Gasteiger partial charge in [-0.05, 0) is 124 Å². The zero-order valence-corrected chi connectivity index (χ0v) is 30.3. The molecule has 0 aliphatic heterocycles. The third kappa shape index (κ3) is 4.18. The minimum absolute atomic E-state index is 0.422. The van der Waals surface area contributed by atoms with E-state index in [-0.39, 0.29) is 0 Å². The van der Waals surface area contributed by atoms with Crippen molar-refractivity contribution in [2.24, 2.45) is 0 Å². The third-order valence-electron chi connectivity index (χ3n) is 12.5. The molecule has 1 unspecified atom stereocenters. The fraction of sp³-hybridized carbons (Fsp3) is 0.0370. The second-order valence-corrected chi connectivity index (χ2v) is 15.3. The normalized spacial score (nSPS) is 15.1. The van der Waals surface area contributed by atoms with Crippen molar-refractivity contribution in [3.05, 3.63) is 205 Å². The highest BCUT2D eigenvalue weighted by molar-refractivity contribution is 6.28. The lowest BCUT2D eigenvalue weighted by molar-refractivity contribution is 0.667. The fourth-order valence-electron chi connectivity index (χ4n) is 9.97. The first-order valence-electron chi connectivity index (χ1n) is 19.2. The van der Waals surface area contributed by atoms with E-state index < -0.39 is 5.41 Å². The first-order chi connectivity index (χ1) is 27.2. The van der Waals surface area contributed by atoms with Gasteiger partial charge in [0.25, 0.3) is 0 Å². The van der Waals surface area contributed by atoms with Crippen molar-refractivity contribution in [2.75, 3.05) is 0 Å². The van der Waals surface area contributed by atoms with Gasteiger partial charge in [-0.25, -0.2) is 0 Å². The Kier molecular flexibility index (Phi) is 6.25. The molecule has 0 fully saturated rings. The standard InChI is InChI=1S/C54H34O/c1-54(37-26-30-49-45(32-37)40-19-11-12-22-48(40)55-49)46-29-25-34-14-5-7-17-38(34)52(46)43-27-24-36(31-47(43)54)51-42-21-10-9-20-41(42)50(35-15-3-2-4-16-35)44-28-23-33-13-6-8-18-39(33)53(44)51/h2-32H,1H3. The molecule has 1 heteroatoms. The highest BCUT2D eigenvalue weighted by Gasteiger charge is 2.42. The van der Waals surface area contributed by atoms with Gasteiger partial charge >= 0.3 is 0 Å². The molecule has 1 nitrogen and oxygen atoms in total. The van der Waals surface area contributed by atoms with Crippen LogP contribution in [0.3, 0.4) is 0 Å². The summed E-state index contributed by atoms with van der Waals surface area (Å²) in [5.41, 5.74) is 13.0. The van der Waals surface area contributed by atoms with Gasteiger partial charge in [0, 0.05) is 16.2 Å². The number of furan rings is 1. The molecule has 55 heavy (non-hydrogen) atoms. The minimum atomic E-state index is -0.422. The molecular formula is C54H34O. The van der Waals surface area contributed by atoms with Crippen LogP contribution in [-0.2, 0) is 5.41 Å². The lowest BCUT2D eigenvalue weighted by Gasteiger charge is -2.29. The SMILES string of the molecule is CC1(c2ccc3oc4ccccc4c3c2)c2cc(-c3c4ccccc4c(-c4ccccc4)c4ccc5ccccc5c34)ccc2-c2c1ccc1ccccc21. The lowest BCUT2D eigenvalue weighted by Crippen LogP contribution is -2.22. The highest BCUT2D eigenvalue weighted by Crippen LogP contribution is 2.56. The second-order valence-electron chi connectivity index (χ2n) is 15.3. The first kappa shape index (κ1) is 30.5. The van der Waals surface area contributed by atoms with Crippen molar-refractivity contribution in [3.63, 3.8) is 0 Å². The number of hydrogen-bond donors (Lipinski definition) is 0. The number of para-hydroxylation sites is 1. The molecule has 1 aliphatic carbocycles. The second kappa shape index (κ2) is 11.3. The van der Waals surface area contributed by atoms with Crippen LogP contribution in [0.4, 0.5) is 0 Å². The van der Waals surface area contributed by atoms with Gasteiger partial charge in [-0.1, -0.05) is 164 Å².